The Morgan fingerprint density at radius 3 is 0.850 bits per heavy atom. The van der Waals surface area contributed by atoms with Gasteiger partial charge in [0.2, 0.25) is 0 Å². The summed E-state index contributed by atoms with van der Waals surface area (Å²) in [7, 11) is 0. The molecule has 1 heteroatoms. The van der Waals surface area contributed by atoms with Gasteiger partial charge in [0, 0.05) is 0 Å². The van der Waals surface area contributed by atoms with Gasteiger partial charge in [-0.1, -0.05) is 161 Å². The molecule has 0 bridgehead atoms. The van der Waals surface area contributed by atoms with E-state index in [0.717, 1.165) is 0 Å². The van der Waals surface area contributed by atoms with E-state index in [1.54, 1.807) is 0 Å². The lowest BCUT2D eigenvalue weighted by molar-refractivity contribution is 0.260. The Morgan fingerprint density at radius 2 is 0.550 bits per heavy atom. The minimum absolute atomic E-state index is 1.30. The maximum Gasteiger partial charge on any atom is -0.00187 e. The van der Waals surface area contributed by atoms with Crippen LogP contribution in [-0.2, 0) is 0 Å². The van der Waals surface area contributed by atoms with Crippen LogP contribution in [0.25, 0.3) is 0 Å². The monoisotopic (exact) mass is 560 g/mol. The van der Waals surface area contributed by atoms with Gasteiger partial charge in [-0.25, -0.2) is 0 Å². The quantitative estimate of drug-likeness (QED) is 0.0559. The number of unbranched alkanes of at least 4 members (excludes halogenated alkanes) is 24. The SMILES string of the molecule is CCCCCCCC/C=C\CCCCCCCCN(CCC)CCCCCCCC/C=C\CCCCCCCC. The highest BCUT2D eigenvalue weighted by molar-refractivity contribution is 4.82. The molecule has 0 radical (unpaired) electrons. The van der Waals surface area contributed by atoms with Gasteiger partial charge in [-0.15, -0.1) is 0 Å². The Kier molecular flexibility index (Phi) is 36.0. The molecule has 238 valence electrons. The lowest BCUT2D eigenvalue weighted by Gasteiger charge is -2.21. The molecule has 0 fully saturated rings. The van der Waals surface area contributed by atoms with Gasteiger partial charge in [0.15, 0.2) is 0 Å². The van der Waals surface area contributed by atoms with Crippen LogP contribution in [-0.4, -0.2) is 24.5 Å². The average Bonchev–Trinajstić information content (AvgIpc) is 2.96. The van der Waals surface area contributed by atoms with Crippen LogP contribution < -0.4 is 0 Å². The lowest BCUT2D eigenvalue weighted by atomic mass is 10.1. The van der Waals surface area contributed by atoms with E-state index in [1.807, 2.05) is 0 Å². The third kappa shape index (κ3) is 33.6. The number of hydrogen-bond acceptors (Lipinski definition) is 1. The van der Waals surface area contributed by atoms with Gasteiger partial charge in [-0.2, -0.15) is 0 Å². The van der Waals surface area contributed by atoms with Gasteiger partial charge in [0.05, 0.1) is 0 Å². The molecule has 0 aliphatic heterocycles. The number of hydrogen-bond donors (Lipinski definition) is 0. The van der Waals surface area contributed by atoms with Crippen LogP contribution in [0.1, 0.15) is 207 Å². The first-order chi connectivity index (χ1) is 19.8. The molecule has 0 saturated carbocycles. The molecule has 0 amide bonds. The molecule has 0 unspecified atom stereocenters. The van der Waals surface area contributed by atoms with Gasteiger partial charge in [0.1, 0.15) is 0 Å². The molecule has 0 aromatic rings. The van der Waals surface area contributed by atoms with E-state index in [0.29, 0.717) is 0 Å². The predicted octanol–water partition coefficient (Wildman–Crippen LogP) is 13.8. The van der Waals surface area contributed by atoms with Crippen LogP contribution in [0, 0.1) is 0 Å². The molecular formula is C39H77N. The summed E-state index contributed by atoms with van der Waals surface area (Å²) in [4.78, 5) is 2.75. The lowest BCUT2D eigenvalue weighted by Crippen LogP contribution is -2.27. The second-order valence-corrected chi connectivity index (χ2v) is 12.7. The van der Waals surface area contributed by atoms with Crippen LogP contribution >= 0.6 is 0 Å². The molecule has 0 heterocycles. The Hall–Kier alpha value is -0.560. The number of rotatable bonds is 34. The van der Waals surface area contributed by atoms with Crippen molar-refractivity contribution in [3.8, 4) is 0 Å². The fraction of sp³-hybridized carbons (Fsp3) is 0.897. The Bertz CT molecular complexity index is 451. The summed E-state index contributed by atoms with van der Waals surface area (Å²) >= 11 is 0. The van der Waals surface area contributed by atoms with E-state index in [1.165, 1.54) is 206 Å². The number of nitrogens with zero attached hydrogens (tertiary/aromatic N) is 1. The fourth-order valence-corrected chi connectivity index (χ4v) is 5.82. The van der Waals surface area contributed by atoms with Crippen LogP contribution in [0.5, 0.6) is 0 Å². The van der Waals surface area contributed by atoms with Crippen molar-refractivity contribution in [1.29, 1.82) is 0 Å². The first-order valence-electron chi connectivity index (χ1n) is 18.9. The van der Waals surface area contributed by atoms with Gasteiger partial charge in [-0.3, -0.25) is 0 Å². The van der Waals surface area contributed by atoms with Crippen LogP contribution in [0.2, 0.25) is 0 Å². The van der Waals surface area contributed by atoms with Crippen molar-refractivity contribution in [2.45, 2.75) is 207 Å². The molecular weight excluding hydrogens is 482 g/mol. The average molecular weight is 560 g/mol. The zero-order chi connectivity index (χ0) is 29.0. The van der Waals surface area contributed by atoms with E-state index < -0.39 is 0 Å². The van der Waals surface area contributed by atoms with Gasteiger partial charge in [-0.05, 0) is 90.3 Å². The maximum atomic E-state index is 2.75. The molecule has 0 atom stereocenters. The zero-order valence-corrected chi connectivity index (χ0v) is 28.4. The summed E-state index contributed by atoms with van der Waals surface area (Å²) in [6.07, 6.45) is 50.3. The highest BCUT2D eigenvalue weighted by Crippen LogP contribution is 2.13. The largest absolute Gasteiger partial charge is 0.303 e. The van der Waals surface area contributed by atoms with Crippen molar-refractivity contribution >= 4 is 0 Å². The van der Waals surface area contributed by atoms with Crippen LogP contribution in [0.4, 0.5) is 0 Å². The normalized spacial score (nSPS) is 12.1. The van der Waals surface area contributed by atoms with E-state index in [4.69, 9.17) is 0 Å². The van der Waals surface area contributed by atoms with Crippen LogP contribution in [0.3, 0.4) is 0 Å². The Balaban J connectivity index is 3.44. The molecule has 0 aromatic heterocycles. The molecule has 1 nitrogen and oxygen atoms in total. The third-order valence-corrected chi connectivity index (χ3v) is 8.51. The van der Waals surface area contributed by atoms with E-state index in [2.05, 4.69) is 50.0 Å². The first kappa shape index (κ1) is 39.4. The van der Waals surface area contributed by atoms with Crippen molar-refractivity contribution in [3.63, 3.8) is 0 Å². The molecule has 0 aliphatic rings. The van der Waals surface area contributed by atoms with E-state index >= 15 is 0 Å². The molecule has 0 aromatic carbocycles. The Labute approximate surface area is 255 Å². The van der Waals surface area contributed by atoms with Gasteiger partial charge in [0.25, 0.3) is 0 Å². The molecule has 0 saturated heterocycles. The standard InChI is InChI=1S/C39H77N/c1-4-7-9-11-13-15-17-19-21-23-25-27-29-31-33-35-38-40(37-6-3)39-36-34-32-30-28-26-24-22-20-18-16-14-12-10-8-5-2/h19-22H,4-18,23-39H2,1-3H3/b21-19-,22-20-. The molecule has 0 aliphatic carbocycles. The van der Waals surface area contributed by atoms with E-state index in [-0.39, 0.29) is 0 Å². The third-order valence-electron chi connectivity index (χ3n) is 8.51. The molecule has 0 spiro atoms. The van der Waals surface area contributed by atoms with Crippen molar-refractivity contribution in [2.75, 3.05) is 19.6 Å². The summed E-state index contributed by atoms with van der Waals surface area (Å²) < 4.78 is 0. The summed E-state index contributed by atoms with van der Waals surface area (Å²) in [5.74, 6) is 0. The maximum absolute atomic E-state index is 2.75. The Morgan fingerprint density at radius 1 is 0.275 bits per heavy atom. The van der Waals surface area contributed by atoms with Crippen LogP contribution in [0.15, 0.2) is 24.3 Å². The predicted molar refractivity (Wildman–Crippen MR) is 186 cm³/mol. The molecule has 40 heavy (non-hydrogen) atoms. The highest BCUT2D eigenvalue weighted by Gasteiger charge is 2.03. The molecule has 0 N–H and O–H groups in total. The van der Waals surface area contributed by atoms with Gasteiger partial charge < -0.3 is 4.90 Å². The van der Waals surface area contributed by atoms with Crippen molar-refractivity contribution < 1.29 is 0 Å². The smallest absolute Gasteiger partial charge is 0.00187 e. The minimum atomic E-state index is 1.30. The number of allylic oxidation sites excluding steroid dienone is 4. The minimum Gasteiger partial charge on any atom is -0.303 e. The molecule has 0 rings (SSSR count). The topological polar surface area (TPSA) is 3.24 Å². The fourth-order valence-electron chi connectivity index (χ4n) is 5.82. The first-order valence-corrected chi connectivity index (χ1v) is 18.9. The summed E-state index contributed by atoms with van der Waals surface area (Å²) in [5.41, 5.74) is 0. The summed E-state index contributed by atoms with van der Waals surface area (Å²) in [6.45, 7) is 10.9. The van der Waals surface area contributed by atoms with Crippen molar-refractivity contribution in [3.05, 3.63) is 24.3 Å². The summed E-state index contributed by atoms with van der Waals surface area (Å²) in [6, 6.07) is 0. The second kappa shape index (κ2) is 36.5. The second-order valence-electron chi connectivity index (χ2n) is 12.7. The zero-order valence-electron chi connectivity index (χ0n) is 28.4. The summed E-state index contributed by atoms with van der Waals surface area (Å²) in [5, 5.41) is 0. The highest BCUT2D eigenvalue weighted by atomic mass is 15.1. The van der Waals surface area contributed by atoms with Gasteiger partial charge >= 0.3 is 0 Å². The van der Waals surface area contributed by atoms with Crippen molar-refractivity contribution in [2.24, 2.45) is 0 Å². The van der Waals surface area contributed by atoms with Crippen molar-refractivity contribution in [1.82, 2.24) is 4.90 Å². The van der Waals surface area contributed by atoms with E-state index in [9.17, 15) is 0 Å².